The number of aromatic nitrogens is 4. The minimum Gasteiger partial charge on any atom is -0.356 e. The molecule has 7 nitrogen and oxygen atoms in total. The predicted molar refractivity (Wildman–Crippen MR) is 105 cm³/mol. The molecule has 3 rings (SSSR count). The van der Waals surface area contributed by atoms with E-state index in [0.29, 0.717) is 6.54 Å². The first-order chi connectivity index (χ1) is 11.4. The third-order valence-corrected chi connectivity index (χ3v) is 3.42. The van der Waals surface area contributed by atoms with E-state index in [4.69, 9.17) is 0 Å². The van der Waals surface area contributed by atoms with Crippen LogP contribution in [0.4, 0.5) is 0 Å². The lowest BCUT2D eigenvalue weighted by molar-refractivity contribution is 0.752. The first-order valence-electron chi connectivity index (χ1n) is 7.50. The molecule has 24 heavy (non-hydrogen) atoms. The number of pyridine rings is 2. The molecule has 3 heterocycles. The van der Waals surface area contributed by atoms with E-state index in [0.717, 1.165) is 36.1 Å². The maximum Gasteiger partial charge on any atom is 0.191 e. The average Bonchev–Trinajstić information content (AvgIpc) is 3.02. The van der Waals surface area contributed by atoms with Crippen LogP contribution in [0.5, 0.6) is 0 Å². The van der Waals surface area contributed by atoms with E-state index in [-0.39, 0.29) is 24.0 Å². The van der Waals surface area contributed by atoms with Crippen LogP contribution in [0.15, 0.2) is 53.8 Å². The number of nitrogens with zero attached hydrogens (tertiary/aromatic N) is 5. The van der Waals surface area contributed by atoms with Crippen LogP contribution in [-0.2, 0) is 13.0 Å². The normalized spacial score (nSPS) is 11.1. The second kappa shape index (κ2) is 9.16. The number of guanidine groups is 1. The van der Waals surface area contributed by atoms with Gasteiger partial charge < -0.3 is 10.6 Å². The van der Waals surface area contributed by atoms with Gasteiger partial charge in [-0.3, -0.25) is 14.4 Å². The van der Waals surface area contributed by atoms with Crippen molar-refractivity contribution in [3.63, 3.8) is 0 Å². The van der Waals surface area contributed by atoms with E-state index in [1.165, 1.54) is 0 Å². The number of hydrogen-bond acceptors (Lipinski definition) is 4. The van der Waals surface area contributed by atoms with E-state index in [9.17, 15) is 0 Å². The zero-order chi connectivity index (χ0) is 15.9. The third kappa shape index (κ3) is 4.63. The smallest absolute Gasteiger partial charge is 0.191 e. The molecule has 8 heteroatoms. The first-order valence-corrected chi connectivity index (χ1v) is 7.50. The number of rotatable bonds is 5. The first kappa shape index (κ1) is 18.1. The van der Waals surface area contributed by atoms with Crippen LogP contribution in [-0.4, -0.2) is 39.1 Å². The van der Waals surface area contributed by atoms with Crippen LogP contribution < -0.4 is 10.6 Å². The van der Waals surface area contributed by atoms with Crippen LogP contribution in [0.3, 0.4) is 0 Å². The Morgan fingerprint density at radius 3 is 2.79 bits per heavy atom. The molecule has 0 saturated heterocycles. The molecule has 0 bridgehead atoms. The molecule has 0 fully saturated rings. The number of halogens is 1. The Hall–Kier alpha value is -2.23. The quantitative estimate of drug-likeness (QED) is 0.361. The molecule has 2 N–H and O–H groups in total. The maximum atomic E-state index is 4.30. The molecule has 3 aromatic heterocycles. The summed E-state index contributed by atoms with van der Waals surface area (Å²) in [6, 6.07) is 11.8. The fraction of sp³-hybridized carbons (Fsp3) is 0.250. The van der Waals surface area contributed by atoms with E-state index < -0.39 is 0 Å². The van der Waals surface area contributed by atoms with Crippen molar-refractivity contribution >= 4 is 35.6 Å². The molecule has 0 aromatic carbocycles. The molecular formula is C16H20IN7. The highest BCUT2D eigenvalue weighted by atomic mass is 127. The van der Waals surface area contributed by atoms with Gasteiger partial charge in [-0.1, -0.05) is 12.1 Å². The zero-order valence-corrected chi connectivity index (χ0v) is 15.7. The lowest BCUT2D eigenvalue weighted by atomic mass is 10.3. The van der Waals surface area contributed by atoms with Crippen molar-refractivity contribution in [1.82, 2.24) is 30.2 Å². The zero-order valence-electron chi connectivity index (χ0n) is 13.4. The Bertz CT molecular complexity index is 785. The van der Waals surface area contributed by atoms with Crippen molar-refractivity contribution in [2.24, 2.45) is 4.99 Å². The van der Waals surface area contributed by atoms with Gasteiger partial charge >= 0.3 is 0 Å². The molecule has 0 atom stereocenters. The van der Waals surface area contributed by atoms with Gasteiger partial charge in [0.05, 0.1) is 6.54 Å². The highest BCUT2D eigenvalue weighted by molar-refractivity contribution is 14.0. The van der Waals surface area contributed by atoms with Crippen LogP contribution in [0.1, 0.15) is 11.5 Å². The monoisotopic (exact) mass is 437 g/mol. The van der Waals surface area contributed by atoms with Crippen LogP contribution >= 0.6 is 24.0 Å². The SMILES string of the molecule is CN=C(NCCc1ccccn1)NCc1nnc2ccccn12.I. The van der Waals surface area contributed by atoms with Crippen molar-refractivity contribution < 1.29 is 0 Å². The summed E-state index contributed by atoms with van der Waals surface area (Å²) >= 11 is 0. The Morgan fingerprint density at radius 2 is 2.00 bits per heavy atom. The van der Waals surface area contributed by atoms with Gasteiger partial charge in [-0.25, -0.2) is 0 Å². The summed E-state index contributed by atoms with van der Waals surface area (Å²) in [5.41, 5.74) is 1.89. The van der Waals surface area contributed by atoms with E-state index in [2.05, 4.69) is 30.8 Å². The molecular weight excluding hydrogens is 417 g/mol. The minimum absolute atomic E-state index is 0. The minimum atomic E-state index is 0. The Kier molecular flexibility index (Phi) is 6.91. The lowest BCUT2D eigenvalue weighted by Gasteiger charge is -2.11. The average molecular weight is 437 g/mol. The molecule has 0 amide bonds. The van der Waals surface area contributed by atoms with E-state index in [1.54, 1.807) is 13.2 Å². The second-order valence-corrected chi connectivity index (χ2v) is 4.97. The number of nitrogens with one attached hydrogen (secondary N) is 2. The van der Waals surface area contributed by atoms with Gasteiger partial charge in [-0.2, -0.15) is 0 Å². The van der Waals surface area contributed by atoms with Crippen molar-refractivity contribution in [2.45, 2.75) is 13.0 Å². The molecule has 0 unspecified atom stereocenters. The lowest BCUT2D eigenvalue weighted by Crippen LogP contribution is -2.38. The van der Waals surface area contributed by atoms with Crippen LogP contribution in [0, 0.1) is 0 Å². The fourth-order valence-corrected chi connectivity index (χ4v) is 2.25. The largest absolute Gasteiger partial charge is 0.356 e. The topological polar surface area (TPSA) is 79.5 Å². The van der Waals surface area contributed by atoms with Gasteiger partial charge in [0.25, 0.3) is 0 Å². The van der Waals surface area contributed by atoms with Gasteiger partial charge in [0.1, 0.15) is 0 Å². The summed E-state index contributed by atoms with van der Waals surface area (Å²) in [5.74, 6) is 1.57. The van der Waals surface area contributed by atoms with Crippen LogP contribution in [0.2, 0.25) is 0 Å². The Morgan fingerprint density at radius 1 is 1.12 bits per heavy atom. The van der Waals surface area contributed by atoms with E-state index >= 15 is 0 Å². The molecule has 0 saturated carbocycles. The Labute approximate surface area is 157 Å². The van der Waals surface area contributed by atoms with Gasteiger partial charge in [0, 0.05) is 38.1 Å². The molecule has 126 valence electrons. The maximum absolute atomic E-state index is 4.30. The molecule has 0 spiro atoms. The summed E-state index contributed by atoms with van der Waals surface area (Å²) in [7, 11) is 1.75. The third-order valence-electron chi connectivity index (χ3n) is 3.42. The molecule has 0 aliphatic carbocycles. The highest BCUT2D eigenvalue weighted by Crippen LogP contribution is 2.02. The number of aliphatic imine (C=N–C) groups is 1. The summed E-state index contributed by atoms with van der Waals surface area (Å²) in [5, 5.41) is 14.8. The highest BCUT2D eigenvalue weighted by Gasteiger charge is 2.05. The molecule has 0 aliphatic rings. The van der Waals surface area contributed by atoms with Gasteiger partial charge in [-0.05, 0) is 24.3 Å². The van der Waals surface area contributed by atoms with Crippen molar-refractivity contribution in [2.75, 3.05) is 13.6 Å². The summed E-state index contributed by atoms with van der Waals surface area (Å²) in [6.07, 6.45) is 4.60. The molecule has 0 aliphatic heterocycles. The second-order valence-electron chi connectivity index (χ2n) is 4.97. The standard InChI is InChI=1S/C16H19N7.HI/c1-17-16(19-10-8-13-6-2-4-9-18-13)20-12-15-22-21-14-7-3-5-11-23(14)15;/h2-7,9,11H,8,10,12H2,1H3,(H2,17,19,20);1H. The fourth-order valence-electron chi connectivity index (χ4n) is 2.25. The summed E-state index contributed by atoms with van der Waals surface area (Å²) < 4.78 is 1.95. The molecule has 3 aromatic rings. The Balaban J connectivity index is 0.00000208. The van der Waals surface area contributed by atoms with Crippen molar-refractivity contribution in [3.8, 4) is 0 Å². The van der Waals surface area contributed by atoms with Gasteiger partial charge in [-0.15, -0.1) is 34.2 Å². The summed E-state index contributed by atoms with van der Waals surface area (Å²) in [4.78, 5) is 8.52. The molecule has 0 radical (unpaired) electrons. The van der Waals surface area contributed by atoms with E-state index in [1.807, 2.05) is 47.0 Å². The van der Waals surface area contributed by atoms with Gasteiger partial charge in [0.2, 0.25) is 0 Å². The van der Waals surface area contributed by atoms with Crippen molar-refractivity contribution in [1.29, 1.82) is 0 Å². The van der Waals surface area contributed by atoms with Crippen molar-refractivity contribution in [3.05, 3.63) is 60.3 Å². The summed E-state index contributed by atoms with van der Waals surface area (Å²) in [6.45, 7) is 1.31. The van der Waals surface area contributed by atoms with Crippen LogP contribution in [0.25, 0.3) is 5.65 Å². The number of fused-ring (bicyclic) bond motifs is 1. The van der Waals surface area contributed by atoms with Gasteiger partial charge in [0.15, 0.2) is 17.4 Å². The number of hydrogen-bond donors (Lipinski definition) is 2. The predicted octanol–water partition coefficient (Wildman–Crippen LogP) is 1.65.